The van der Waals surface area contributed by atoms with Crippen molar-refractivity contribution in [3.05, 3.63) is 0 Å². The van der Waals surface area contributed by atoms with Crippen molar-refractivity contribution in [3.8, 4) is 0 Å². The monoisotopic (exact) mass is 296 g/mol. The van der Waals surface area contributed by atoms with Gasteiger partial charge in [0.05, 0.1) is 0 Å². The Bertz CT molecular complexity index is 332. The van der Waals surface area contributed by atoms with Gasteiger partial charge in [-0.15, -0.1) is 0 Å². The van der Waals surface area contributed by atoms with Gasteiger partial charge in [-0.3, -0.25) is 0 Å². The molecule has 1 aliphatic heterocycles. The predicted octanol–water partition coefficient (Wildman–Crippen LogP) is 3.32. The smallest absolute Gasteiger partial charge is 0.407 e. The van der Waals surface area contributed by atoms with E-state index in [1.165, 1.54) is 38.6 Å². The van der Waals surface area contributed by atoms with Crippen molar-refractivity contribution < 1.29 is 9.53 Å². The molecular formula is C17H32N2O2. The fourth-order valence-corrected chi connectivity index (χ4v) is 3.91. The fraction of sp³-hybridized carbons (Fsp3) is 0.941. The number of alkyl carbamates (subject to hydrolysis) is 1. The average Bonchev–Trinajstić information content (AvgIpc) is 2.91. The molecule has 4 heteroatoms. The molecule has 2 rings (SSSR count). The van der Waals surface area contributed by atoms with Crippen LogP contribution < -0.4 is 10.6 Å². The van der Waals surface area contributed by atoms with Gasteiger partial charge < -0.3 is 15.4 Å². The summed E-state index contributed by atoms with van der Waals surface area (Å²) in [5.41, 5.74) is -0.411. The molecule has 1 heterocycles. The van der Waals surface area contributed by atoms with Crippen LogP contribution in [0.5, 0.6) is 0 Å². The summed E-state index contributed by atoms with van der Waals surface area (Å²) in [7, 11) is 0. The summed E-state index contributed by atoms with van der Waals surface area (Å²) >= 11 is 0. The molecule has 0 aromatic rings. The number of rotatable bonds is 4. The summed E-state index contributed by atoms with van der Waals surface area (Å²) < 4.78 is 5.29. The summed E-state index contributed by atoms with van der Waals surface area (Å²) in [5, 5.41) is 6.48. The maximum absolute atomic E-state index is 11.7. The number of nitrogens with one attached hydrogen (secondary N) is 2. The van der Waals surface area contributed by atoms with Crippen molar-refractivity contribution in [2.75, 3.05) is 19.6 Å². The highest BCUT2D eigenvalue weighted by Gasteiger charge is 2.33. The largest absolute Gasteiger partial charge is 0.444 e. The quantitative estimate of drug-likeness (QED) is 0.837. The van der Waals surface area contributed by atoms with Crippen LogP contribution in [0.4, 0.5) is 4.79 Å². The van der Waals surface area contributed by atoms with Crippen molar-refractivity contribution in [1.29, 1.82) is 0 Å². The molecule has 122 valence electrons. The van der Waals surface area contributed by atoms with Crippen LogP contribution in [0.25, 0.3) is 0 Å². The minimum atomic E-state index is -0.411. The van der Waals surface area contributed by atoms with E-state index in [9.17, 15) is 4.79 Å². The minimum Gasteiger partial charge on any atom is -0.444 e. The van der Waals surface area contributed by atoms with Gasteiger partial charge in [0.1, 0.15) is 5.60 Å². The summed E-state index contributed by atoms with van der Waals surface area (Å²) in [6.45, 7) is 8.73. The second-order valence-electron chi connectivity index (χ2n) is 7.68. The topological polar surface area (TPSA) is 50.4 Å². The van der Waals surface area contributed by atoms with Gasteiger partial charge in [0.2, 0.25) is 0 Å². The van der Waals surface area contributed by atoms with Crippen LogP contribution in [-0.2, 0) is 4.74 Å². The van der Waals surface area contributed by atoms with Gasteiger partial charge in [-0.2, -0.15) is 0 Å². The zero-order chi connectivity index (χ0) is 15.3. The number of ether oxygens (including phenoxy) is 1. The molecule has 1 saturated heterocycles. The van der Waals surface area contributed by atoms with Crippen LogP contribution in [0.3, 0.4) is 0 Å². The van der Waals surface area contributed by atoms with Gasteiger partial charge in [-0.1, -0.05) is 25.7 Å². The van der Waals surface area contributed by atoms with Gasteiger partial charge in [-0.25, -0.2) is 4.79 Å². The Labute approximate surface area is 129 Å². The number of hydrogen-bond donors (Lipinski definition) is 2. The van der Waals surface area contributed by atoms with Crippen molar-refractivity contribution >= 4 is 6.09 Å². The van der Waals surface area contributed by atoms with Crippen LogP contribution in [0.1, 0.15) is 59.3 Å². The lowest BCUT2D eigenvalue weighted by Gasteiger charge is -2.36. The van der Waals surface area contributed by atoms with E-state index in [2.05, 4.69) is 10.6 Å². The summed E-state index contributed by atoms with van der Waals surface area (Å²) in [5.74, 6) is 2.47. The zero-order valence-electron chi connectivity index (χ0n) is 13.9. The van der Waals surface area contributed by atoms with Crippen LogP contribution in [0.2, 0.25) is 0 Å². The van der Waals surface area contributed by atoms with E-state index in [-0.39, 0.29) is 6.09 Å². The van der Waals surface area contributed by atoms with E-state index >= 15 is 0 Å². The maximum atomic E-state index is 11.7. The van der Waals surface area contributed by atoms with Crippen LogP contribution in [0, 0.1) is 17.8 Å². The van der Waals surface area contributed by atoms with E-state index in [1.807, 2.05) is 20.8 Å². The first-order chi connectivity index (χ1) is 9.96. The molecule has 2 unspecified atom stereocenters. The van der Waals surface area contributed by atoms with Gasteiger partial charge in [-0.05, 0) is 64.5 Å². The third-order valence-electron chi connectivity index (χ3n) is 4.87. The van der Waals surface area contributed by atoms with E-state index in [0.717, 1.165) is 37.3 Å². The van der Waals surface area contributed by atoms with E-state index in [1.54, 1.807) is 0 Å². The Hall–Kier alpha value is -0.770. The Morgan fingerprint density at radius 3 is 2.62 bits per heavy atom. The lowest BCUT2D eigenvalue weighted by Crippen LogP contribution is -2.41. The molecule has 0 aromatic carbocycles. The lowest BCUT2D eigenvalue weighted by molar-refractivity contribution is 0.0519. The van der Waals surface area contributed by atoms with Crippen molar-refractivity contribution in [2.45, 2.75) is 64.9 Å². The van der Waals surface area contributed by atoms with E-state index in [0.29, 0.717) is 0 Å². The highest BCUT2D eigenvalue weighted by atomic mass is 16.6. The lowest BCUT2D eigenvalue weighted by atomic mass is 9.75. The van der Waals surface area contributed by atoms with Crippen molar-refractivity contribution in [1.82, 2.24) is 10.6 Å². The van der Waals surface area contributed by atoms with Gasteiger partial charge in [0.15, 0.2) is 0 Å². The number of piperidine rings is 1. The van der Waals surface area contributed by atoms with Gasteiger partial charge in [0.25, 0.3) is 0 Å². The van der Waals surface area contributed by atoms with Gasteiger partial charge >= 0.3 is 6.09 Å². The third-order valence-corrected chi connectivity index (χ3v) is 4.87. The molecule has 0 aromatic heterocycles. The molecule has 1 saturated carbocycles. The first-order valence-corrected chi connectivity index (χ1v) is 8.63. The first-order valence-electron chi connectivity index (χ1n) is 8.63. The molecule has 4 nitrogen and oxygen atoms in total. The third kappa shape index (κ3) is 5.50. The highest BCUT2D eigenvalue weighted by molar-refractivity contribution is 5.67. The number of amides is 1. The summed E-state index contributed by atoms with van der Waals surface area (Å²) in [6.07, 6.45) is 7.67. The Kier molecular flexibility index (Phi) is 5.91. The molecule has 0 spiro atoms. The normalized spacial score (nSPS) is 27.6. The molecular weight excluding hydrogens is 264 g/mol. The molecule has 2 aliphatic rings. The maximum Gasteiger partial charge on any atom is 0.407 e. The second kappa shape index (κ2) is 7.48. The molecule has 0 bridgehead atoms. The van der Waals surface area contributed by atoms with Crippen molar-refractivity contribution in [3.63, 3.8) is 0 Å². The molecule has 1 amide bonds. The average molecular weight is 296 g/mol. The zero-order valence-corrected chi connectivity index (χ0v) is 13.9. The van der Waals surface area contributed by atoms with E-state index < -0.39 is 5.60 Å². The Balaban J connectivity index is 1.73. The summed E-state index contributed by atoms with van der Waals surface area (Å²) in [6, 6.07) is 0. The number of carbonyl (C=O) groups is 1. The SMILES string of the molecule is CC(C)(C)OC(=O)NCCC1CCNCC1C1CCCC1. The molecule has 2 fully saturated rings. The molecule has 2 N–H and O–H groups in total. The molecule has 2 atom stereocenters. The van der Waals surface area contributed by atoms with Crippen LogP contribution in [0.15, 0.2) is 0 Å². The molecule has 0 radical (unpaired) electrons. The second-order valence-corrected chi connectivity index (χ2v) is 7.68. The van der Waals surface area contributed by atoms with Crippen LogP contribution >= 0.6 is 0 Å². The predicted molar refractivity (Wildman–Crippen MR) is 85.3 cm³/mol. The minimum absolute atomic E-state index is 0.283. The number of carbonyl (C=O) groups excluding carboxylic acids is 1. The van der Waals surface area contributed by atoms with E-state index in [4.69, 9.17) is 4.74 Å². The van der Waals surface area contributed by atoms with Crippen LogP contribution in [-0.4, -0.2) is 31.3 Å². The summed E-state index contributed by atoms with van der Waals surface area (Å²) in [4.78, 5) is 11.7. The Morgan fingerprint density at radius 2 is 1.95 bits per heavy atom. The fourth-order valence-electron chi connectivity index (χ4n) is 3.91. The standard InChI is InChI=1S/C17H32N2O2/c1-17(2,3)21-16(20)19-11-9-14-8-10-18-12-15(14)13-6-4-5-7-13/h13-15,18H,4-12H2,1-3H3,(H,19,20). The number of hydrogen-bond acceptors (Lipinski definition) is 3. The Morgan fingerprint density at radius 1 is 1.24 bits per heavy atom. The van der Waals surface area contributed by atoms with Crippen molar-refractivity contribution in [2.24, 2.45) is 17.8 Å². The molecule has 1 aliphatic carbocycles. The van der Waals surface area contributed by atoms with Gasteiger partial charge in [0, 0.05) is 6.54 Å². The highest BCUT2D eigenvalue weighted by Crippen LogP contribution is 2.38. The molecule has 21 heavy (non-hydrogen) atoms. The first kappa shape index (κ1) is 16.6.